The van der Waals surface area contributed by atoms with E-state index in [1.165, 1.54) is 0 Å². The summed E-state index contributed by atoms with van der Waals surface area (Å²) in [7, 11) is -1.12. The number of rotatable bonds is 5. The molecule has 0 aliphatic rings. The molecule has 1 atom stereocenters. The van der Waals surface area contributed by atoms with E-state index in [0.717, 1.165) is 10.6 Å². The van der Waals surface area contributed by atoms with E-state index in [9.17, 15) is 4.21 Å². The van der Waals surface area contributed by atoms with Gasteiger partial charge in [-0.05, 0) is 18.4 Å². The topological polar surface area (TPSA) is 69.1 Å². The average Bonchev–Trinajstić information content (AvgIpc) is 3.10. The Hall–Kier alpha value is -1.73. The summed E-state index contributed by atoms with van der Waals surface area (Å²) in [5.41, 5.74) is 0.676. The molecule has 104 valence electrons. The lowest BCUT2D eigenvalue weighted by molar-refractivity contribution is 0.427. The van der Waals surface area contributed by atoms with Crippen molar-refractivity contribution < 1.29 is 13.1 Å². The molecule has 0 radical (unpaired) electrons. The molecule has 3 rings (SSSR count). The summed E-state index contributed by atoms with van der Waals surface area (Å²) >= 11 is 1.58. The van der Waals surface area contributed by atoms with Crippen LogP contribution >= 0.6 is 11.3 Å². The Labute approximate surface area is 122 Å². The van der Waals surface area contributed by atoms with Gasteiger partial charge in [0.25, 0.3) is 0 Å². The Morgan fingerprint density at radius 1 is 1.40 bits per heavy atom. The third-order valence-electron chi connectivity index (χ3n) is 2.59. The second kappa shape index (κ2) is 5.72. The first-order valence-electron chi connectivity index (χ1n) is 5.96. The molecule has 0 bridgehead atoms. The molecule has 0 amide bonds. The molecular formula is C13H12N2O3S2. The summed E-state index contributed by atoms with van der Waals surface area (Å²) < 4.78 is 22.6. The van der Waals surface area contributed by atoms with Crippen LogP contribution in [0.5, 0.6) is 0 Å². The van der Waals surface area contributed by atoms with Crippen LogP contribution in [-0.4, -0.2) is 14.3 Å². The summed E-state index contributed by atoms with van der Waals surface area (Å²) in [6.07, 6.45) is 1.62. The molecule has 0 N–H and O–H groups in total. The molecule has 0 fully saturated rings. The van der Waals surface area contributed by atoms with E-state index in [4.69, 9.17) is 8.94 Å². The number of nitrogens with zero attached hydrogens (tertiary/aromatic N) is 2. The molecular weight excluding hydrogens is 296 g/mol. The molecule has 0 spiro atoms. The maximum atomic E-state index is 12.0. The highest BCUT2D eigenvalue weighted by atomic mass is 32.2. The first-order valence-corrected chi connectivity index (χ1v) is 8.33. The van der Waals surface area contributed by atoms with Crippen molar-refractivity contribution in [2.45, 2.75) is 18.4 Å². The average molecular weight is 308 g/mol. The standard InChI is InChI=1S/C13H12N2O3S2/c1-9-6-14-13(17-9)8-20(16)7-10-5-11(18-15-10)12-3-2-4-19-12/h2-6H,7-8H2,1H3/t20-/m0/s1. The lowest BCUT2D eigenvalue weighted by Crippen LogP contribution is -1.99. The van der Waals surface area contributed by atoms with Gasteiger partial charge in [0.05, 0.1) is 22.5 Å². The van der Waals surface area contributed by atoms with Gasteiger partial charge in [-0.2, -0.15) is 0 Å². The van der Waals surface area contributed by atoms with E-state index in [-0.39, 0.29) is 5.75 Å². The number of aryl methyl sites for hydroxylation is 1. The van der Waals surface area contributed by atoms with Gasteiger partial charge in [0, 0.05) is 16.9 Å². The van der Waals surface area contributed by atoms with Crippen molar-refractivity contribution in [3.8, 4) is 10.6 Å². The van der Waals surface area contributed by atoms with Crippen LogP contribution in [0.3, 0.4) is 0 Å². The fourth-order valence-electron chi connectivity index (χ4n) is 1.74. The molecule has 3 aromatic rings. The minimum Gasteiger partial charge on any atom is -0.445 e. The molecule has 0 saturated heterocycles. The van der Waals surface area contributed by atoms with Gasteiger partial charge in [0.15, 0.2) is 5.76 Å². The summed E-state index contributed by atoms with van der Waals surface area (Å²) in [6.45, 7) is 1.81. The predicted molar refractivity (Wildman–Crippen MR) is 76.6 cm³/mol. The van der Waals surface area contributed by atoms with E-state index in [1.807, 2.05) is 30.5 Å². The van der Waals surface area contributed by atoms with E-state index < -0.39 is 10.8 Å². The number of thiophene rings is 1. The van der Waals surface area contributed by atoms with E-state index in [0.29, 0.717) is 23.1 Å². The summed E-state index contributed by atoms with van der Waals surface area (Å²) in [4.78, 5) is 5.05. The molecule has 0 saturated carbocycles. The zero-order valence-electron chi connectivity index (χ0n) is 10.7. The first kappa shape index (κ1) is 13.3. The Kier molecular flexibility index (Phi) is 3.79. The molecule has 0 aliphatic carbocycles. The molecule has 0 unspecified atom stereocenters. The summed E-state index contributed by atoms with van der Waals surface area (Å²) in [5.74, 6) is 2.53. The smallest absolute Gasteiger partial charge is 0.206 e. The van der Waals surface area contributed by atoms with Crippen molar-refractivity contribution >= 4 is 22.1 Å². The van der Waals surface area contributed by atoms with Gasteiger partial charge >= 0.3 is 0 Å². The molecule has 3 aromatic heterocycles. The number of aromatic nitrogens is 2. The first-order chi connectivity index (χ1) is 9.70. The van der Waals surface area contributed by atoms with E-state index >= 15 is 0 Å². The van der Waals surface area contributed by atoms with Gasteiger partial charge in [-0.15, -0.1) is 11.3 Å². The van der Waals surface area contributed by atoms with Crippen molar-refractivity contribution in [3.05, 3.63) is 47.1 Å². The zero-order chi connectivity index (χ0) is 13.9. The van der Waals surface area contributed by atoms with Crippen molar-refractivity contribution in [1.29, 1.82) is 0 Å². The van der Waals surface area contributed by atoms with E-state index in [1.54, 1.807) is 17.5 Å². The van der Waals surface area contributed by atoms with Crippen molar-refractivity contribution in [3.63, 3.8) is 0 Å². The molecule has 0 aliphatic heterocycles. The quantitative estimate of drug-likeness (QED) is 0.724. The van der Waals surface area contributed by atoms with Gasteiger partial charge in [-0.1, -0.05) is 11.2 Å². The number of hydrogen-bond acceptors (Lipinski definition) is 6. The molecule has 0 aromatic carbocycles. The monoisotopic (exact) mass is 308 g/mol. The lowest BCUT2D eigenvalue weighted by atomic mass is 10.3. The molecule has 5 nitrogen and oxygen atoms in total. The SMILES string of the molecule is Cc1cnc(C[S@@](=O)Cc2cc(-c3cccs3)on2)o1. The molecule has 7 heteroatoms. The van der Waals surface area contributed by atoms with Crippen LogP contribution in [-0.2, 0) is 22.3 Å². The highest BCUT2D eigenvalue weighted by Gasteiger charge is 2.12. The van der Waals surface area contributed by atoms with Gasteiger partial charge in [0.1, 0.15) is 11.5 Å². The van der Waals surface area contributed by atoms with Gasteiger partial charge in [-0.3, -0.25) is 4.21 Å². The van der Waals surface area contributed by atoms with Crippen LogP contribution in [0.2, 0.25) is 0 Å². The van der Waals surface area contributed by atoms with Crippen LogP contribution in [0.1, 0.15) is 17.3 Å². The third-order valence-corrected chi connectivity index (χ3v) is 4.66. The van der Waals surface area contributed by atoms with Crippen LogP contribution in [0.15, 0.2) is 38.7 Å². The van der Waals surface area contributed by atoms with Crippen molar-refractivity contribution in [1.82, 2.24) is 10.1 Å². The van der Waals surface area contributed by atoms with Crippen molar-refractivity contribution in [2.24, 2.45) is 0 Å². The molecule has 20 heavy (non-hydrogen) atoms. The van der Waals surface area contributed by atoms with Crippen LogP contribution < -0.4 is 0 Å². The third kappa shape index (κ3) is 3.05. The van der Waals surface area contributed by atoms with Gasteiger partial charge < -0.3 is 8.94 Å². The van der Waals surface area contributed by atoms with Crippen molar-refractivity contribution in [2.75, 3.05) is 0 Å². The fraction of sp³-hybridized carbons (Fsp3) is 0.231. The highest BCUT2D eigenvalue weighted by molar-refractivity contribution is 7.83. The second-order valence-corrected chi connectivity index (χ2v) is 6.66. The normalized spacial score (nSPS) is 12.7. The Balaban J connectivity index is 1.64. The minimum absolute atomic E-state index is 0.287. The maximum absolute atomic E-state index is 12.0. The van der Waals surface area contributed by atoms with Gasteiger partial charge in [-0.25, -0.2) is 4.98 Å². The largest absolute Gasteiger partial charge is 0.445 e. The Morgan fingerprint density at radius 2 is 2.30 bits per heavy atom. The van der Waals surface area contributed by atoms with Crippen LogP contribution in [0, 0.1) is 6.92 Å². The summed E-state index contributed by atoms with van der Waals surface area (Å²) in [5, 5.41) is 5.92. The zero-order valence-corrected chi connectivity index (χ0v) is 12.4. The highest BCUT2D eigenvalue weighted by Crippen LogP contribution is 2.25. The fourth-order valence-corrected chi connectivity index (χ4v) is 3.39. The predicted octanol–water partition coefficient (Wildman–Crippen LogP) is 3.15. The Bertz CT molecular complexity index is 716. The number of oxazole rings is 1. The van der Waals surface area contributed by atoms with Crippen LogP contribution in [0.4, 0.5) is 0 Å². The second-order valence-electron chi connectivity index (χ2n) is 4.25. The summed E-state index contributed by atoms with van der Waals surface area (Å²) in [6, 6.07) is 5.73. The lowest BCUT2D eigenvalue weighted by Gasteiger charge is -1.95. The number of hydrogen-bond donors (Lipinski definition) is 0. The molecule has 3 heterocycles. The Morgan fingerprint density at radius 3 is 3.00 bits per heavy atom. The van der Waals surface area contributed by atoms with Gasteiger partial charge in [0.2, 0.25) is 5.89 Å². The maximum Gasteiger partial charge on any atom is 0.206 e. The van der Waals surface area contributed by atoms with Crippen LogP contribution in [0.25, 0.3) is 10.6 Å². The van der Waals surface area contributed by atoms with E-state index in [2.05, 4.69) is 10.1 Å². The minimum atomic E-state index is -1.12.